The van der Waals surface area contributed by atoms with Crippen molar-refractivity contribution >= 4 is 23.2 Å². The summed E-state index contributed by atoms with van der Waals surface area (Å²) in [6.45, 7) is 1.90. The van der Waals surface area contributed by atoms with Gasteiger partial charge in [-0.15, -0.1) is 11.3 Å². The van der Waals surface area contributed by atoms with E-state index >= 15 is 0 Å². The first-order valence-corrected chi connectivity index (χ1v) is 8.44. The lowest BCUT2D eigenvalue weighted by molar-refractivity contribution is -0.143. The molecule has 126 valence electrons. The van der Waals surface area contributed by atoms with Gasteiger partial charge in [0.1, 0.15) is 10.7 Å². The Hall–Kier alpha value is -2.28. The monoisotopic (exact) mass is 348 g/mol. The SMILES string of the molecule is Cc1nc(Cc2ccc(F)cc2)sc1C(=O)NCC1(C(=O)O)CC1. The molecule has 0 spiro atoms. The number of benzene rings is 1. The highest BCUT2D eigenvalue weighted by Crippen LogP contribution is 2.45. The van der Waals surface area contributed by atoms with E-state index in [0.717, 1.165) is 10.6 Å². The maximum absolute atomic E-state index is 12.9. The molecule has 0 unspecified atom stereocenters. The van der Waals surface area contributed by atoms with E-state index in [1.165, 1.54) is 23.5 Å². The van der Waals surface area contributed by atoms with Crippen LogP contribution in [0.25, 0.3) is 0 Å². The lowest BCUT2D eigenvalue weighted by Crippen LogP contribution is -2.34. The summed E-state index contributed by atoms with van der Waals surface area (Å²) >= 11 is 1.28. The molecule has 0 saturated heterocycles. The molecular weight excluding hydrogens is 331 g/mol. The van der Waals surface area contributed by atoms with Gasteiger partial charge in [-0.05, 0) is 37.5 Å². The van der Waals surface area contributed by atoms with Crippen molar-refractivity contribution in [3.63, 3.8) is 0 Å². The summed E-state index contributed by atoms with van der Waals surface area (Å²) in [4.78, 5) is 28.3. The van der Waals surface area contributed by atoms with Gasteiger partial charge in [0.2, 0.25) is 0 Å². The predicted octanol–water partition coefficient (Wildman–Crippen LogP) is 2.78. The number of hydrogen-bond donors (Lipinski definition) is 2. The Balaban J connectivity index is 1.66. The van der Waals surface area contributed by atoms with Gasteiger partial charge in [-0.2, -0.15) is 0 Å². The number of nitrogens with zero attached hydrogens (tertiary/aromatic N) is 1. The van der Waals surface area contributed by atoms with E-state index in [9.17, 15) is 14.0 Å². The maximum Gasteiger partial charge on any atom is 0.311 e. The minimum atomic E-state index is -0.860. The number of carbonyl (C=O) groups excluding carboxylic acids is 1. The summed E-state index contributed by atoms with van der Waals surface area (Å²) in [6, 6.07) is 6.17. The third-order valence-corrected chi connectivity index (χ3v) is 5.37. The van der Waals surface area contributed by atoms with Crippen LogP contribution in [0.1, 0.15) is 38.8 Å². The summed E-state index contributed by atoms with van der Waals surface area (Å²) in [7, 11) is 0. The van der Waals surface area contributed by atoms with Crippen molar-refractivity contribution in [3.05, 3.63) is 51.2 Å². The van der Waals surface area contributed by atoms with Crippen LogP contribution in [0.5, 0.6) is 0 Å². The number of aryl methyl sites for hydroxylation is 1. The van der Waals surface area contributed by atoms with E-state index in [2.05, 4.69) is 10.3 Å². The highest BCUT2D eigenvalue weighted by Gasteiger charge is 2.50. The van der Waals surface area contributed by atoms with Gasteiger partial charge < -0.3 is 10.4 Å². The third kappa shape index (κ3) is 3.46. The molecule has 5 nitrogen and oxygen atoms in total. The fourth-order valence-corrected chi connectivity index (χ4v) is 3.48. The molecule has 1 saturated carbocycles. The van der Waals surface area contributed by atoms with Gasteiger partial charge in [0, 0.05) is 13.0 Å². The average Bonchev–Trinajstić information content (AvgIpc) is 3.25. The topological polar surface area (TPSA) is 79.3 Å². The quantitative estimate of drug-likeness (QED) is 0.841. The normalized spacial score (nSPS) is 15.1. The lowest BCUT2D eigenvalue weighted by Gasteiger charge is -2.10. The molecule has 1 amide bonds. The lowest BCUT2D eigenvalue weighted by atomic mass is 10.1. The van der Waals surface area contributed by atoms with Crippen LogP contribution in [-0.2, 0) is 11.2 Å². The van der Waals surface area contributed by atoms with Gasteiger partial charge in [0.05, 0.1) is 16.1 Å². The summed E-state index contributed by atoms with van der Waals surface area (Å²) < 4.78 is 12.9. The Morgan fingerprint density at radius 3 is 2.58 bits per heavy atom. The maximum atomic E-state index is 12.9. The molecule has 7 heteroatoms. The van der Waals surface area contributed by atoms with Crippen molar-refractivity contribution in [1.82, 2.24) is 10.3 Å². The average molecular weight is 348 g/mol. The second kappa shape index (κ2) is 6.32. The Kier molecular flexibility index (Phi) is 4.36. The van der Waals surface area contributed by atoms with Gasteiger partial charge in [-0.25, -0.2) is 9.37 Å². The van der Waals surface area contributed by atoms with E-state index in [0.29, 0.717) is 29.8 Å². The first-order valence-electron chi connectivity index (χ1n) is 7.62. The number of aromatic nitrogens is 1. The van der Waals surface area contributed by atoms with E-state index in [1.54, 1.807) is 19.1 Å². The summed E-state index contributed by atoms with van der Waals surface area (Å²) in [6.07, 6.45) is 1.72. The minimum Gasteiger partial charge on any atom is -0.481 e. The van der Waals surface area contributed by atoms with Crippen molar-refractivity contribution in [2.45, 2.75) is 26.2 Å². The van der Waals surface area contributed by atoms with Crippen molar-refractivity contribution in [2.75, 3.05) is 6.54 Å². The van der Waals surface area contributed by atoms with Crippen LogP contribution in [0, 0.1) is 18.2 Å². The number of carbonyl (C=O) groups is 2. The third-order valence-electron chi connectivity index (χ3n) is 4.21. The molecule has 0 radical (unpaired) electrons. The zero-order chi connectivity index (χ0) is 17.3. The Labute approximate surface area is 142 Å². The van der Waals surface area contributed by atoms with Crippen molar-refractivity contribution in [1.29, 1.82) is 0 Å². The standard InChI is InChI=1S/C17H17FN2O3S/c1-10-14(15(21)19-9-17(6-7-17)16(22)23)24-13(20-10)8-11-2-4-12(18)5-3-11/h2-5H,6-9H2,1H3,(H,19,21)(H,22,23). The van der Waals surface area contributed by atoms with Gasteiger partial charge in [-0.3, -0.25) is 9.59 Å². The molecule has 1 aromatic carbocycles. The highest BCUT2D eigenvalue weighted by atomic mass is 32.1. The first-order chi connectivity index (χ1) is 11.4. The zero-order valence-electron chi connectivity index (χ0n) is 13.1. The minimum absolute atomic E-state index is 0.145. The molecule has 1 fully saturated rings. The molecule has 24 heavy (non-hydrogen) atoms. The molecule has 2 aromatic rings. The highest BCUT2D eigenvalue weighted by molar-refractivity contribution is 7.13. The van der Waals surface area contributed by atoms with Crippen LogP contribution < -0.4 is 5.32 Å². The molecule has 2 N–H and O–H groups in total. The van der Waals surface area contributed by atoms with Crippen LogP contribution >= 0.6 is 11.3 Å². The molecule has 1 aromatic heterocycles. The Morgan fingerprint density at radius 1 is 1.33 bits per heavy atom. The molecule has 0 atom stereocenters. The van der Waals surface area contributed by atoms with Crippen LogP contribution in [-0.4, -0.2) is 28.5 Å². The van der Waals surface area contributed by atoms with Gasteiger partial charge in [-0.1, -0.05) is 12.1 Å². The second-order valence-corrected chi connectivity index (χ2v) is 7.18. The summed E-state index contributed by atoms with van der Waals surface area (Å²) in [5.74, 6) is -1.44. The van der Waals surface area contributed by atoms with E-state index < -0.39 is 11.4 Å². The van der Waals surface area contributed by atoms with Crippen LogP contribution in [0.3, 0.4) is 0 Å². The smallest absolute Gasteiger partial charge is 0.311 e. The van der Waals surface area contributed by atoms with Crippen molar-refractivity contribution in [3.8, 4) is 0 Å². The molecule has 3 rings (SSSR count). The van der Waals surface area contributed by atoms with Crippen LogP contribution in [0.4, 0.5) is 4.39 Å². The van der Waals surface area contributed by atoms with Crippen molar-refractivity contribution in [2.24, 2.45) is 5.41 Å². The number of carboxylic acid groups (broad SMARTS) is 1. The number of carboxylic acids is 1. The number of thiazole rings is 1. The van der Waals surface area contributed by atoms with E-state index in [-0.39, 0.29) is 18.3 Å². The molecular formula is C17H17FN2O3S. The number of halogens is 1. The van der Waals surface area contributed by atoms with Crippen LogP contribution in [0.2, 0.25) is 0 Å². The predicted molar refractivity (Wildman–Crippen MR) is 87.7 cm³/mol. The molecule has 0 aliphatic heterocycles. The zero-order valence-corrected chi connectivity index (χ0v) is 14.0. The van der Waals surface area contributed by atoms with Gasteiger partial charge in [0.25, 0.3) is 5.91 Å². The number of rotatable bonds is 6. The van der Waals surface area contributed by atoms with E-state index in [4.69, 9.17) is 5.11 Å². The van der Waals surface area contributed by atoms with E-state index in [1.807, 2.05) is 0 Å². The largest absolute Gasteiger partial charge is 0.481 e. The number of aliphatic carboxylic acids is 1. The second-order valence-electron chi connectivity index (χ2n) is 6.09. The number of amides is 1. The molecule has 1 heterocycles. The number of nitrogens with one attached hydrogen (secondary N) is 1. The Morgan fingerprint density at radius 2 is 2.00 bits per heavy atom. The number of hydrogen-bond acceptors (Lipinski definition) is 4. The molecule has 0 bridgehead atoms. The Bertz CT molecular complexity index is 782. The van der Waals surface area contributed by atoms with Gasteiger partial charge >= 0.3 is 5.97 Å². The summed E-state index contributed by atoms with van der Waals surface area (Å²) in [5.41, 5.74) is 0.750. The summed E-state index contributed by atoms with van der Waals surface area (Å²) in [5, 5.41) is 12.6. The van der Waals surface area contributed by atoms with Gasteiger partial charge in [0.15, 0.2) is 0 Å². The fraction of sp³-hybridized carbons (Fsp3) is 0.353. The van der Waals surface area contributed by atoms with Crippen LogP contribution in [0.15, 0.2) is 24.3 Å². The molecule has 1 aliphatic carbocycles. The first kappa shape index (κ1) is 16.6. The molecule has 1 aliphatic rings. The fourth-order valence-electron chi connectivity index (χ4n) is 2.46. The van der Waals surface area contributed by atoms with Crippen molar-refractivity contribution < 1.29 is 19.1 Å².